The molecule has 13 nitrogen and oxygen atoms in total. The standard InChI is InChI=1S/C41H57N5O8S/c1-4-30-22-41(30,39(50)43-55(52,53)32-17-18-32)42-37(48)35-20-31-24-46(35)38(49)33(27-12-7-5-8-13-27)21-36(47)45(26(2)3)19-10-6-9-14-28-15-11-16-29-23-44(25-34(28)29)40(51)54-31/h4,11,15-16,26-27,30-33,35H,1,5-10,12-14,17-25H2,2-3H3,(H,42,48)(H,43,50)/t30-,31-,33+,35+,41-/m1/s1. The molecule has 0 spiro atoms. The molecule has 300 valence electrons. The third kappa shape index (κ3) is 8.30. The van der Waals surface area contributed by atoms with Gasteiger partial charge >= 0.3 is 6.09 Å². The van der Waals surface area contributed by atoms with Crippen molar-refractivity contribution in [3.63, 3.8) is 0 Å². The van der Waals surface area contributed by atoms with Gasteiger partial charge in [0.1, 0.15) is 17.7 Å². The molecule has 3 heterocycles. The summed E-state index contributed by atoms with van der Waals surface area (Å²) in [7, 11) is -3.89. The van der Waals surface area contributed by atoms with Crippen LogP contribution in [0.15, 0.2) is 30.9 Å². The van der Waals surface area contributed by atoms with Gasteiger partial charge < -0.3 is 19.9 Å². The number of ether oxygens (including phenoxy) is 1. The van der Waals surface area contributed by atoms with Crippen LogP contribution < -0.4 is 10.0 Å². The molecule has 0 aromatic heterocycles. The molecule has 55 heavy (non-hydrogen) atoms. The third-order valence-electron chi connectivity index (χ3n) is 12.9. The van der Waals surface area contributed by atoms with Crippen molar-refractivity contribution < 1.29 is 37.1 Å². The first-order valence-electron chi connectivity index (χ1n) is 20.5. The van der Waals surface area contributed by atoms with Crippen LogP contribution in [0.2, 0.25) is 0 Å². The van der Waals surface area contributed by atoms with Gasteiger partial charge in [-0.15, -0.1) is 6.58 Å². The van der Waals surface area contributed by atoms with Crippen LogP contribution in [0.25, 0.3) is 0 Å². The van der Waals surface area contributed by atoms with E-state index in [4.69, 9.17) is 4.74 Å². The average Bonchev–Trinajstić information content (AvgIpc) is 4.05. The zero-order valence-corrected chi connectivity index (χ0v) is 33.1. The van der Waals surface area contributed by atoms with Gasteiger partial charge in [0.2, 0.25) is 27.7 Å². The number of carbonyl (C=O) groups is 5. The van der Waals surface area contributed by atoms with E-state index in [1.807, 2.05) is 30.9 Å². The van der Waals surface area contributed by atoms with Crippen molar-refractivity contribution in [2.24, 2.45) is 17.8 Å². The fraction of sp³-hybridized carbons (Fsp3) is 0.683. The number of aryl methyl sites for hydroxylation is 1. The highest BCUT2D eigenvalue weighted by molar-refractivity contribution is 7.91. The summed E-state index contributed by atoms with van der Waals surface area (Å²) in [5.74, 6) is -3.09. The molecule has 6 aliphatic rings. The maximum atomic E-state index is 14.9. The van der Waals surface area contributed by atoms with Crippen LogP contribution in [0.5, 0.6) is 0 Å². The van der Waals surface area contributed by atoms with E-state index in [1.165, 1.54) is 16.5 Å². The summed E-state index contributed by atoms with van der Waals surface area (Å²) in [4.78, 5) is 75.9. The number of sulfonamides is 1. The first kappa shape index (κ1) is 39.3. The molecule has 7 rings (SSSR count). The molecule has 1 aromatic carbocycles. The number of amides is 5. The van der Waals surface area contributed by atoms with Gasteiger partial charge in [0.15, 0.2) is 0 Å². The van der Waals surface area contributed by atoms with E-state index in [0.29, 0.717) is 32.5 Å². The first-order valence-corrected chi connectivity index (χ1v) is 22.0. The Morgan fingerprint density at radius 1 is 0.982 bits per heavy atom. The van der Waals surface area contributed by atoms with Crippen LogP contribution in [0.1, 0.15) is 114 Å². The number of rotatable bonds is 8. The number of hydrogen-bond acceptors (Lipinski definition) is 8. The summed E-state index contributed by atoms with van der Waals surface area (Å²) in [6, 6.07) is 4.99. The largest absolute Gasteiger partial charge is 0.444 e. The third-order valence-corrected chi connectivity index (χ3v) is 14.7. The van der Waals surface area contributed by atoms with Crippen molar-refractivity contribution in [2.45, 2.75) is 146 Å². The van der Waals surface area contributed by atoms with Crippen molar-refractivity contribution >= 4 is 39.7 Å². The predicted octanol–water partition coefficient (Wildman–Crippen LogP) is 4.33. The zero-order chi connectivity index (χ0) is 39.1. The van der Waals surface area contributed by atoms with Gasteiger partial charge in [-0.05, 0) is 87.8 Å². The molecule has 3 aliphatic heterocycles. The highest BCUT2D eigenvalue weighted by Gasteiger charge is 2.62. The van der Waals surface area contributed by atoms with Gasteiger partial charge in [-0.2, -0.15) is 0 Å². The van der Waals surface area contributed by atoms with Gasteiger partial charge in [-0.1, -0.05) is 50.0 Å². The molecular weight excluding hydrogens is 723 g/mol. The molecule has 14 heteroatoms. The quantitative estimate of drug-likeness (QED) is 0.369. The number of benzene rings is 1. The van der Waals surface area contributed by atoms with Crippen molar-refractivity contribution in [1.82, 2.24) is 24.7 Å². The van der Waals surface area contributed by atoms with E-state index in [2.05, 4.69) is 22.7 Å². The Hall–Kier alpha value is -3.94. The smallest absolute Gasteiger partial charge is 0.410 e. The van der Waals surface area contributed by atoms with Crippen LogP contribution in [0.4, 0.5) is 4.79 Å². The molecular formula is C41H57N5O8S. The Balaban J connectivity index is 1.19. The second-order valence-corrected chi connectivity index (χ2v) is 19.0. The van der Waals surface area contributed by atoms with Gasteiger partial charge in [0.05, 0.1) is 11.8 Å². The number of fused-ring (bicyclic) bond motifs is 3. The minimum absolute atomic E-state index is 0.00433. The first-order chi connectivity index (χ1) is 26.3. The Morgan fingerprint density at radius 2 is 1.71 bits per heavy atom. The number of hydrogen-bond donors (Lipinski definition) is 2. The van der Waals surface area contributed by atoms with E-state index >= 15 is 0 Å². The summed E-state index contributed by atoms with van der Waals surface area (Å²) < 4.78 is 33.8. The molecule has 5 amide bonds. The lowest BCUT2D eigenvalue weighted by Crippen LogP contribution is -2.57. The van der Waals surface area contributed by atoms with E-state index in [0.717, 1.165) is 68.9 Å². The number of nitrogens with one attached hydrogen (secondary N) is 2. The maximum Gasteiger partial charge on any atom is 0.410 e. The van der Waals surface area contributed by atoms with Crippen LogP contribution in [-0.2, 0) is 53.4 Å². The van der Waals surface area contributed by atoms with Crippen LogP contribution in [0, 0.1) is 17.8 Å². The van der Waals surface area contributed by atoms with Crippen molar-refractivity contribution in [3.8, 4) is 0 Å². The fourth-order valence-corrected chi connectivity index (χ4v) is 10.8. The van der Waals surface area contributed by atoms with E-state index in [-0.39, 0.29) is 49.6 Å². The number of carbonyl (C=O) groups excluding carboxylic acids is 5. The summed E-state index contributed by atoms with van der Waals surface area (Å²) in [6.45, 7) is 9.17. The molecule has 3 aliphatic carbocycles. The average molecular weight is 780 g/mol. The Labute approximate surface area is 325 Å². The Kier molecular flexibility index (Phi) is 11.4. The summed E-state index contributed by atoms with van der Waals surface area (Å²) in [5.41, 5.74) is 1.86. The second kappa shape index (κ2) is 15.9. The monoisotopic (exact) mass is 779 g/mol. The Bertz CT molecular complexity index is 1810. The fourth-order valence-electron chi connectivity index (χ4n) is 9.42. The molecule has 2 N–H and O–H groups in total. The molecule has 1 aromatic rings. The summed E-state index contributed by atoms with van der Waals surface area (Å²) in [6.07, 6.45) is 9.43. The van der Waals surface area contributed by atoms with Crippen molar-refractivity contribution in [3.05, 3.63) is 47.5 Å². The molecule has 3 saturated carbocycles. The minimum Gasteiger partial charge on any atom is -0.444 e. The molecule has 4 bridgehead atoms. The minimum atomic E-state index is -3.89. The topological polar surface area (TPSA) is 162 Å². The predicted molar refractivity (Wildman–Crippen MR) is 204 cm³/mol. The number of nitrogens with zero attached hydrogens (tertiary/aromatic N) is 3. The van der Waals surface area contributed by atoms with Gasteiger partial charge in [-0.25, -0.2) is 13.2 Å². The lowest BCUT2D eigenvalue weighted by Gasteiger charge is -2.36. The zero-order valence-electron chi connectivity index (χ0n) is 32.3. The lowest BCUT2D eigenvalue weighted by atomic mass is 9.77. The maximum absolute atomic E-state index is 14.9. The highest BCUT2D eigenvalue weighted by atomic mass is 32.2. The highest BCUT2D eigenvalue weighted by Crippen LogP contribution is 2.46. The molecule has 1 saturated heterocycles. The summed E-state index contributed by atoms with van der Waals surface area (Å²) >= 11 is 0. The van der Waals surface area contributed by atoms with Crippen LogP contribution in [0.3, 0.4) is 0 Å². The lowest BCUT2D eigenvalue weighted by molar-refractivity contribution is -0.148. The van der Waals surface area contributed by atoms with Crippen LogP contribution in [-0.4, -0.2) is 94.9 Å². The normalized spacial score (nSPS) is 29.7. The van der Waals surface area contributed by atoms with Crippen molar-refractivity contribution in [2.75, 3.05) is 13.1 Å². The van der Waals surface area contributed by atoms with Gasteiger partial charge in [0.25, 0.3) is 5.91 Å². The van der Waals surface area contributed by atoms with Gasteiger partial charge in [0, 0.05) is 50.4 Å². The van der Waals surface area contributed by atoms with Gasteiger partial charge in [-0.3, -0.25) is 28.8 Å². The summed E-state index contributed by atoms with van der Waals surface area (Å²) in [5, 5.41) is 2.21. The molecule has 5 atom stereocenters. The molecule has 4 fully saturated rings. The molecule has 0 radical (unpaired) electrons. The van der Waals surface area contributed by atoms with E-state index < -0.39 is 62.7 Å². The Morgan fingerprint density at radius 3 is 2.40 bits per heavy atom. The van der Waals surface area contributed by atoms with Crippen LogP contribution >= 0.6 is 0 Å². The second-order valence-electron chi connectivity index (χ2n) is 17.0. The van der Waals surface area contributed by atoms with Crippen molar-refractivity contribution in [1.29, 1.82) is 0 Å². The van der Waals surface area contributed by atoms with E-state index in [9.17, 15) is 32.4 Å². The van der Waals surface area contributed by atoms with E-state index in [1.54, 1.807) is 4.90 Å². The SMILES string of the molecule is C=C[C@@H]1C[C@]1(NC(=O)[C@@H]1C[C@@H]2CN1C(=O)[C@H](C1CCCCC1)CC(=O)N(C(C)C)CCCCCc1cccc3c1CN(C3)C(=O)O2)C(=O)NS(=O)(=O)C1CC1. The molecule has 0 unspecified atom stereocenters.